The van der Waals surface area contributed by atoms with Gasteiger partial charge in [0.05, 0.1) is 17.4 Å². The van der Waals surface area contributed by atoms with Crippen molar-refractivity contribution in [2.75, 3.05) is 19.6 Å². The van der Waals surface area contributed by atoms with Crippen molar-refractivity contribution in [3.05, 3.63) is 83.0 Å². The molecule has 2 saturated heterocycles. The minimum atomic E-state index is -0.0606. The first-order chi connectivity index (χ1) is 14.6. The maximum Gasteiger partial charge on any atom is 0.293 e. The van der Waals surface area contributed by atoms with Crippen LogP contribution in [0.2, 0.25) is 0 Å². The number of benzene rings is 1. The lowest BCUT2D eigenvalue weighted by Gasteiger charge is -2.30. The van der Waals surface area contributed by atoms with Crippen LogP contribution in [0.25, 0.3) is 0 Å². The van der Waals surface area contributed by atoms with E-state index in [1.54, 1.807) is 6.07 Å². The number of carbonyl (C=O) groups excluding carboxylic acids is 1. The summed E-state index contributed by atoms with van der Waals surface area (Å²) in [5.74, 6) is 1.10. The standard InChI is InChI=1S/C24H26N4O2/c1-16-7-3-4-9-20(16)23-21-15-27(14-19-8-5-6-10-25-19)12-18(21)13-28(23)24(29)22-11-17(2)26-30-22/h3-11,18,21,23H,12-15H2,1-2H3/t18-,21-,23+/m0/s1. The van der Waals surface area contributed by atoms with Crippen molar-refractivity contribution in [1.29, 1.82) is 0 Å². The largest absolute Gasteiger partial charge is 0.351 e. The molecule has 0 spiro atoms. The van der Waals surface area contributed by atoms with Crippen LogP contribution in [0.5, 0.6) is 0 Å². The highest BCUT2D eigenvalue weighted by atomic mass is 16.5. The number of aryl methyl sites for hydroxylation is 2. The van der Waals surface area contributed by atoms with Crippen LogP contribution in [0.4, 0.5) is 0 Å². The van der Waals surface area contributed by atoms with Crippen LogP contribution in [-0.2, 0) is 6.54 Å². The van der Waals surface area contributed by atoms with E-state index in [9.17, 15) is 4.79 Å². The molecule has 0 aliphatic carbocycles. The highest BCUT2D eigenvalue weighted by molar-refractivity contribution is 5.92. The smallest absolute Gasteiger partial charge is 0.293 e. The summed E-state index contributed by atoms with van der Waals surface area (Å²) in [5.41, 5.74) is 4.27. The molecule has 154 valence electrons. The molecule has 3 aromatic rings. The van der Waals surface area contributed by atoms with E-state index < -0.39 is 0 Å². The van der Waals surface area contributed by atoms with Gasteiger partial charge in [0.1, 0.15) is 0 Å². The minimum Gasteiger partial charge on any atom is -0.351 e. The lowest BCUT2D eigenvalue weighted by atomic mass is 9.87. The number of carbonyl (C=O) groups is 1. The fourth-order valence-corrected chi connectivity index (χ4v) is 5.12. The lowest BCUT2D eigenvalue weighted by molar-refractivity contribution is 0.0657. The topological polar surface area (TPSA) is 62.5 Å². The molecule has 4 heterocycles. The molecule has 0 radical (unpaired) electrons. The van der Waals surface area contributed by atoms with Crippen LogP contribution < -0.4 is 0 Å². The Hall–Kier alpha value is -2.99. The van der Waals surface area contributed by atoms with Crippen LogP contribution >= 0.6 is 0 Å². The maximum atomic E-state index is 13.3. The molecule has 6 nitrogen and oxygen atoms in total. The zero-order valence-electron chi connectivity index (χ0n) is 17.4. The molecule has 2 aromatic heterocycles. The molecular weight excluding hydrogens is 376 g/mol. The van der Waals surface area contributed by atoms with Crippen molar-refractivity contribution in [1.82, 2.24) is 19.9 Å². The number of hydrogen-bond donors (Lipinski definition) is 0. The molecule has 0 unspecified atom stereocenters. The zero-order valence-corrected chi connectivity index (χ0v) is 17.4. The Bertz CT molecular complexity index is 1050. The average Bonchev–Trinajstić information content (AvgIpc) is 3.43. The Balaban J connectivity index is 1.43. The van der Waals surface area contributed by atoms with Gasteiger partial charge >= 0.3 is 0 Å². The highest BCUT2D eigenvalue weighted by Gasteiger charge is 2.50. The van der Waals surface area contributed by atoms with Crippen molar-refractivity contribution in [2.45, 2.75) is 26.4 Å². The molecular formula is C24H26N4O2. The van der Waals surface area contributed by atoms with Gasteiger partial charge in [-0.05, 0) is 43.0 Å². The molecule has 0 N–H and O–H groups in total. The Morgan fingerprint density at radius 1 is 1.10 bits per heavy atom. The Labute approximate surface area is 176 Å². The summed E-state index contributed by atoms with van der Waals surface area (Å²) >= 11 is 0. The molecule has 5 rings (SSSR count). The van der Waals surface area contributed by atoms with Gasteiger partial charge in [0.25, 0.3) is 5.91 Å². The molecule has 0 bridgehead atoms. The number of nitrogens with zero attached hydrogens (tertiary/aromatic N) is 4. The summed E-state index contributed by atoms with van der Waals surface area (Å²) in [6.07, 6.45) is 1.85. The Morgan fingerprint density at radius 2 is 1.93 bits per heavy atom. The van der Waals surface area contributed by atoms with Gasteiger partial charge in [-0.2, -0.15) is 0 Å². The molecule has 1 aromatic carbocycles. The number of hydrogen-bond acceptors (Lipinski definition) is 5. The van der Waals surface area contributed by atoms with Crippen molar-refractivity contribution in [2.24, 2.45) is 11.8 Å². The quantitative estimate of drug-likeness (QED) is 0.667. The Morgan fingerprint density at radius 3 is 2.67 bits per heavy atom. The maximum absolute atomic E-state index is 13.3. The third-order valence-electron chi connectivity index (χ3n) is 6.46. The van der Waals surface area contributed by atoms with Gasteiger partial charge in [-0.25, -0.2) is 0 Å². The van der Waals surface area contributed by atoms with E-state index in [2.05, 4.69) is 52.3 Å². The monoisotopic (exact) mass is 402 g/mol. The van der Waals surface area contributed by atoms with Gasteiger partial charge in [-0.1, -0.05) is 35.5 Å². The number of amides is 1. The molecule has 0 saturated carbocycles. The molecule has 6 heteroatoms. The number of fused-ring (bicyclic) bond motifs is 1. The van der Waals surface area contributed by atoms with E-state index in [1.165, 1.54) is 11.1 Å². The van der Waals surface area contributed by atoms with Crippen LogP contribution in [-0.4, -0.2) is 45.5 Å². The van der Waals surface area contributed by atoms with Crippen molar-refractivity contribution >= 4 is 5.91 Å². The second kappa shape index (κ2) is 7.69. The first-order valence-electron chi connectivity index (χ1n) is 10.5. The van der Waals surface area contributed by atoms with Crippen LogP contribution in [0, 0.1) is 25.7 Å². The lowest BCUT2D eigenvalue weighted by Crippen LogP contribution is -2.35. The molecule has 1 amide bonds. The minimum absolute atomic E-state index is 0.0443. The molecule has 30 heavy (non-hydrogen) atoms. The molecule has 2 fully saturated rings. The second-order valence-corrected chi connectivity index (χ2v) is 8.53. The average molecular weight is 402 g/mol. The molecule has 2 aliphatic heterocycles. The van der Waals surface area contributed by atoms with Gasteiger partial charge < -0.3 is 9.42 Å². The number of aromatic nitrogens is 2. The zero-order chi connectivity index (χ0) is 20.7. The highest BCUT2D eigenvalue weighted by Crippen LogP contribution is 2.46. The third-order valence-corrected chi connectivity index (χ3v) is 6.46. The van der Waals surface area contributed by atoms with Crippen LogP contribution in [0.15, 0.2) is 59.3 Å². The predicted molar refractivity (Wildman–Crippen MR) is 113 cm³/mol. The number of likely N-dealkylation sites (tertiary alicyclic amines) is 2. The van der Waals surface area contributed by atoms with Crippen LogP contribution in [0.1, 0.15) is 39.1 Å². The second-order valence-electron chi connectivity index (χ2n) is 8.53. The van der Waals surface area contributed by atoms with Gasteiger partial charge in [0, 0.05) is 44.4 Å². The van der Waals surface area contributed by atoms with E-state index in [0.717, 1.165) is 37.6 Å². The first kappa shape index (κ1) is 19.0. The summed E-state index contributed by atoms with van der Waals surface area (Å²) in [7, 11) is 0. The van der Waals surface area contributed by atoms with E-state index >= 15 is 0 Å². The van der Waals surface area contributed by atoms with Gasteiger partial charge in [0.15, 0.2) is 0 Å². The van der Waals surface area contributed by atoms with E-state index in [0.29, 0.717) is 17.6 Å². The summed E-state index contributed by atoms with van der Waals surface area (Å²) in [6, 6.07) is 16.3. The molecule has 3 atom stereocenters. The summed E-state index contributed by atoms with van der Waals surface area (Å²) in [4.78, 5) is 22.3. The van der Waals surface area contributed by atoms with Crippen molar-refractivity contribution in [3.8, 4) is 0 Å². The van der Waals surface area contributed by atoms with E-state index in [4.69, 9.17) is 4.52 Å². The van der Waals surface area contributed by atoms with Crippen LogP contribution in [0.3, 0.4) is 0 Å². The van der Waals surface area contributed by atoms with Gasteiger partial charge in [-0.15, -0.1) is 0 Å². The number of pyridine rings is 1. The van der Waals surface area contributed by atoms with E-state index in [-0.39, 0.29) is 11.9 Å². The first-order valence-corrected chi connectivity index (χ1v) is 10.5. The Kier molecular flexibility index (Phi) is 4.87. The van der Waals surface area contributed by atoms with Crippen molar-refractivity contribution in [3.63, 3.8) is 0 Å². The number of rotatable bonds is 4. The van der Waals surface area contributed by atoms with Gasteiger partial charge in [0.2, 0.25) is 5.76 Å². The fraction of sp³-hybridized carbons (Fsp3) is 0.375. The third kappa shape index (κ3) is 3.41. The summed E-state index contributed by atoms with van der Waals surface area (Å²) < 4.78 is 5.32. The molecule has 2 aliphatic rings. The normalized spacial score (nSPS) is 23.7. The fourth-order valence-electron chi connectivity index (χ4n) is 5.12. The summed E-state index contributed by atoms with van der Waals surface area (Å²) in [6.45, 7) is 7.49. The van der Waals surface area contributed by atoms with E-state index in [1.807, 2.05) is 30.2 Å². The van der Waals surface area contributed by atoms with Crippen molar-refractivity contribution < 1.29 is 9.32 Å². The SMILES string of the molecule is Cc1cc(C(=O)N2C[C@@H]3CN(Cc4ccccn4)C[C@@H]3[C@H]2c2ccccc2C)on1. The predicted octanol–water partition coefficient (Wildman–Crippen LogP) is 3.63. The summed E-state index contributed by atoms with van der Waals surface area (Å²) in [5, 5.41) is 3.92. The van der Waals surface area contributed by atoms with Gasteiger partial charge in [-0.3, -0.25) is 14.7 Å².